The van der Waals surface area contributed by atoms with Gasteiger partial charge in [-0.15, -0.1) is 0 Å². The Morgan fingerprint density at radius 1 is 1.47 bits per heavy atom. The van der Waals surface area contributed by atoms with Gasteiger partial charge in [0.1, 0.15) is 11.7 Å². The molecule has 0 aliphatic rings. The fraction of sp³-hybridized carbons (Fsp3) is 0.250. The van der Waals surface area contributed by atoms with Crippen LogP contribution in [0.5, 0.6) is 11.5 Å². The van der Waals surface area contributed by atoms with Crippen molar-refractivity contribution in [3.8, 4) is 11.5 Å². The van der Waals surface area contributed by atoms with Crippen molar-refractivity contribution >= 4 is 33.6 Å². The lowest BCUT2D eigenvalue weighted by molar-refractivity contribution is 0.239. The molecule has 0 saturated carbocycles. The van der Waals surface area contributed by atoms with Crippen LogP contribution in [0.4, 0.5) is 0 Å². The van der Waals surface area contributed by atoms with Crippen LogP contribution >= 0.6 is 22.6 Å². The van der Waals surface area contributed by atoms with Gasteiger partial charge in [0.15, 0.2) is 11.5 Å². The largest absolute Gasteiger partial charge is 0.504 e. The lowest BCUT2D eigenvalue weighted by Gasteiger charge is -2.13. The predicted octanol–water partition coefficient (Wildman–Crippen LogP) is 2.70. The Kier molecular flexibility index (Phi) is 3.56. The first kappa shape index (κ1) is 12.2. The van der Waals surface area contributed by atoms with Crippen LogP contribution in [0.3, 0.4) is 0 Å². The Morgan fingerprint density at radius 3 is 2.94 bits per heavy atom. The molecule has 0 bridgehead atoms. The number of alkyl halides is 1. The molecule has 0 aliphatic heterocycles. The molecule has 0 aliphatic carbocycles. The highest BCUT2D eigenvalue weighted by atomic mass is 127. The van der Waals surface area contributed by atoms with Crippen LogP contribution in [-0.4, -0.2) is 15.6 Å². The molecule has 4 nitrogen and oxygen atoms in total. The molecule has 90 valence electrons. The number of phenols is 1. The maximum Gasteiger partial charge on any atom is 0.336 e. The third kappa shape index (κ3) is 2.71. The lowest BCUT2D eigenvalue weighted by atomic mass is 10.2. The topological polar surface area (TPSA) is 59.7 Å². The van der Waals surface area contributed by atoms with Crippen molar-refractivity contribution in [2.45, 2.75) is 13.0 Å². The number of halogens is 1. The van der Waals surface area contributed by atoms with Crippen molar-refractivity contribution in [3.63, 3.8) is 0 Å². The monoisotopic (exact) mass is 346 g/mol. The lowest BCUT2D eigenvalue weighted by Crippen LogP contribution is -2.12. The van der Waals surface area contributed by atoms with Gasteiger partial charge in [-0.1, -0.05) is 22.6 Å². The highest BCUT2D eigenvalue weighted by molar-refractivity contribution is 14.1. The van der Waals surface area contributed by atoms with Gasteiger partial charge >= 0.3 is 5.63 Å². The van der Waals surface area contributed by atoms with Crippen LogP contribution < -0.4 is 10.4 Å². The van der Waals surface area contributed by atoms with E-state index in [1.807, 2.05) is 6.92 Å². The molecule has 2 aromatic rings. The molecular weight excluding hydrogens is 335 g/mol. The first-order chi connectivity index (χ1) is 8.10. The third-order valence-corrected chi connectivity index (χ3v) is 3.49. The van der Waals surface area contributed by atoms with E-state index < -0.39 is 5.63 Å². The van der Waals surface area contributed by atoms with Gasteiger partial charge in [-0.05, 0) is 19.1 Å². The first-order valence-corrected chi connectivity index (χ1v) is 6.62. The zero-order chi connectivity index (χ0) is 12.4. The molecule has 2 rings (SSSR count). The minimum absolute atomic E-state index is 0.0191. The van der Waals surface area contributed by atoms with Crippen molar-refractivity contribution in [2.75, 3.05) is 4.43 Å². The van der Waals surface area contributed by atoms with E-state index in [-0.39, 0.29) is 11.9 Å². The second-order valence-corrected chi connectivity index (χ2v) is 4.58. The average Bonchev–Trinajstić information content (AvgIpc) is 2.30. The van der Waals surface area contributed by atoms with Crippen LogP contribution in [0, 0.1) is 0 Å². The molecule has 1 unspecified atom stereocenters. The van der Waals surface area contributed by atoms with Crippen LogP contribution in [0.2, 0.25) is 0 Å². The van der Waals surface area contributed by atoms with Crippen LogP contribution in [0.15, 0.2) is 33.5 Å². The van der Waals surface area contributed by atoms with Gasteiger partial charge in [-0.25, -0.2) is 4.79 Å². The van der Waals surface area contributed by atoms with Crippen molar-refractivity contribution in [3.05, 3.63) is 34.7 Å². The zero-order valence-corrected chi connectivity index (χ0v) is 11.3. The van der Waals surface area contributed by atoms with Crippen molar-refractivity contribution in [1.29, 1.82) is 0 Å². The maximum atomic E-state index is 11.1. The third-order valence-electron chi connectivity index (χ3n) is 2.25. The van der Waals surface area contributed by atoms with Gasteiger partial charge in [-0.2, -0.15) is 0 Å². The molecule has 1 atom stereocenters. The molecular formula is C12H11IO4. The molecule has 1 aromatic carbocycles. The number of ether oxygens (including phenoxy) is 1. The van der Waals surface area contributed by atoms with Crippen LogP contribution in [0.1, 0.15) is 6.92 Å². The molecule has 1 heterocycles. The Bertz CT molecular complexity index is 591. The molecule has 1 aromatic heterocycles. The van der Waals surface area contributed by atoms with E-state index in [2.05, 4.69) is 22.6 Å². The maximum absolute atomic E-state index is 11.1. The summed E-state index contributed by atoms with van der Waals surface area (Å²) in [6.07, 6.45) is -0.0191. The summed E-state index contributed by atoms with van der Waals surface area (Å²) in [5.74, 6) is 0.374. The Hall–Kier alpha value is -1.24. The van der Waals surface area contributed by atoms with Gasteiger partial charge in [0.2, 0.25) is 0 Å². The summed E-state index contributed by atoms with van der Waals surface area (Å²) in [7, 11) is 0. The average molecular weight is 346 g/mol. The van der Waals surface area contributed by atoms with Crippen molar-refractivity contribution < 1.29 is 14.3 Å². The second-order valence-electron chi connectivity index (χ2n) is 3.69. The summed E-state index contributed by atoms with van der Waals surface area (Å²) >= 11 is 2.20. The Morgan fingerprint density at radius 2 is 2.24 bits per heavy atom. The number of fused-ring (bicyclic) bond motifs is 1. The van der Waals surface area contributed by atoms with Crippen molar-refractivity contribution in [2.24, 2.45) is 0 Å². The summed E-state index contributed by atoms with van der Waals surface area (Å²) in [6, 6.07) is 5.98. The number of hydrogen-bond donors (Lipinski definition) is 1. The number of hydrogen-bond acceptors (Lipinski definition) is 4. The van der Waals surface area contributed by atoms with Crippen LogP contribution in [0.25, 0.3) is 11.0 Å². The highest BCUT2D eigenvalue weighted by Crippen LogP contribution is 2.31. The molecule has 5 heteroatoms. The second kappa shape index (κ2) is 4.95. The van der Waals surface area contributed by atoms with Gasteiger partial charge < -0.3 is 14.3 Å². The Labute approximate surface area is 111 Å². The summed E-state index contributed by atoms with van der Waals surface area (Å²) in [5.41, 5.74) is -0.0120. The predicted molar refractivity (Wildman–Crippen MR) is 73.1 cm³/mol. The molecule has 17 heavy (non-hydrogen) atoms. The molecule has 0 amide bonds. The summed E-state index contributed by atoms with van der Waals surface area (Å²) < 4.78 is 11.3. The van der Waals surface area contributed by atoms with E-state index in [1.54, 1.807) is 6.07 Å². The van der Waals surface area contributed by atoms with E-state index >= 15 is 0 Å². The fourth-order valence-corrected chi connectivity index (χ4v) is 1.61. The Balaban J connectivity index is 2.49. The first-order valence-electron chi connectivity index (χ1n) is 5.09. The van der Waals surface area contributed by atoms with Gasteiger partial charge in [-0.3, -0.25) is 0 Å². The SMILES string of the molecule is CC(CI)Oc1cc2oc(=O)ccc2cc1O. The number of aromatic hydroxyl groups is 1. The molecule has 0 radical (unpaired) electrons. The van der Waals surface area contributed by atoms with E-state index in [4.69, 9.17) is 9.15 Å². The minimum atomic E-state index is -0.420. The quantitative estimate of drug-likeness (QED) is 0.527. The molecule has 1 N–H and O–H groups in total. The van der Waals surface area contributed by atoms with Gasteiger partial charge in [0.05, 0.1) is 0 Å². The summed E-state index contributed by atoms with van der Waals surface area (Å²) in [4.78, 5) is 11.1. The van der Waals surface area contributed by atoms with Gasteiger partial charge in [0.25, 0.3) is 0 Å². The summed E-state index contributed by atoms with van der Waals surface area (Å²) in [5, 5.41) is 10.4. The number of rotatable bonds is 3. The minimum Gasteiger partial charge on any atom is -0.504 e. The summed E-state index contributed by atoms with van der Waals surface area (Å²) in [6.45, 7) is 1.90. The van der Waals surface area contributed by atoms with Crippen LogP contribution in [-0.2, 0) is 0 Å². The van der Waals surface area contributed by atoms with Gasteiger partial charge in [0, 0.05) is 21.9 Å². The molecule has 0 fully saturated rings. The standard InChI is InChI=1S/C12H11IO4/c1-7(6-13)16-11-5-10-8(4-9(11)14)2-3-12(15)17-10/h2-5,7,14H,6H2,1H3. The van der Waals surface area contributed by atoms with E-state index in [0.717, 1.165) is 4.43 Å². The van der Waals surface area contributed by atoms with E-state index in [0.29, 0.717) is 16.7 Å². The fourth-order valence-electron chi connectivity index (χ4n) is 1.43. The molecule has 0 spiro atoms. The number of benzene rings is 1. The zero-order valence-electron chi connectivity index (χ0n) is 9.14. The van der Waals surface area contributed by atoms with E-state index in [1.165, 1.54) is 18.2 Å². The molecule has 0 saturated heterocycles. The number of phenolic OH excluding ortho intramolecular Hbond substituents is 1. The smallest absolute Gasteiger partial charge is 0.336 e. The van der Waals surface area contributed by atoms with Crippen molar-refractivity contribution in [1.82, 2.24) is 0 Å². The van der Waals surface area contributed by atoms with E-state index in [9.17, 15) is 9.90 Å². The normalized spacial score (nSPS) is 12.6. The highest BCUT2D eigenvalue weighted by Gasteiger charge is 2.10.